The van der Waals surface area contributed by atoms with Crippen molar-refractivity contribution in [3.05, 3.63) is 0 Å². The molecular formula is C10H18O3. The minimum absolute atomic E-state index is 0.0117. The molecule has 0 aliphatic carbocycles. The summed E-state index contributed by atoms with van der Waals surface area (Å²) in [5.74, 6) is -0.940. The Kier molecular flexibility index (Phi) is 3.25. The van der Waals surface area contributed by atoms with Crippen LogP contribution in [0, 0.1) is 10.8 Å². The molecule has 0 unspecified atom stereocenters. The largest absolute Gasteiger partial charge is 0.481 e. The fraction of sp³-hybridized carbons (Fsp3) is 0.800. The van der Waals surface area contributed by atoms with E-state index in [4.69, 9.17) is 5.11 Å². The third-order valence-corrected chi connectivity index (χ3v) is 1.89. The Morgan fingerprint density at radius 1 is 1.08 bits per heavy atom. The molecule has 0 heterocycles. The van der Waals surface area contributed by atoms with E-state index in [1.165, 1.54) is 0 Å². The molecule has 0 aromatic carbocycles. The van der Waals surface area contributed by atoms with Gasteiger partial charge in [0.15, 0.2) is 0 Å². The summed E-state index contributed by atoms with van der Waals surface area (Å²) in [7, 11) is 0. The van der Waals surface area contributed by atoms with Gasteiger partial charge in [0.2, 0.25) is 0 Å². The van der Waals surface area contributed by atoms with E-state index in [0.29, 0.717) is 0 Å². The third kappa shape index (κ3) is 3.57. The van der Waals surface area contributed by atoms with Crippen LogP contribution < -0.4 is 0 Å². The van der Waals surface area contributed by atoms with E-state index >= 15 is 0 Å². The first-order chi connectivity index (χ1) is 5.57. The van der Waals surface area contributed by atoms with Crippen molar-refractivity contribution < 1.29 is 14.7 Å². The zero-order chi connectivity index (χ0) is 10.9. The highest BCUT2D eigenvalue weighted by Crippen LogP contribution is 2.31. The highest BCUT2D eigenvalue weighted by atomic mass is 16.4. The smallest absolute Gasteiger partial charge is 0.304 e. The highest BCUT2D eigenvalue weighted by Gasteiger charge is 2.37. The van der Waals surface area contributed by atoms with Crippen LogP contribution in [0.1, 0.15) is 41.0 Å². The lowest BCUT2D eigenvalue weighted by Crippen LogP contribution is -2.36. The number of carbonyl (C=O) groups excluding carboxylic acids is 1. The third-order valence-electron chi connectivity index (χ3n) is 1.89. The molecule has 0 rings (SSSR count). The zero-order valence-electron chi connectivity index (χ0n) is 8.97. The van der Waals surface area contributed by atoms with Gasteiger partial charge in [0.25, 0.3) is 0 Å². The predicted octanol–water partition coefficient (Wildman–Crippen LogP) is 2.10. The maximum Gasteiger partial charge on any atom is 0.304 e. The van der Waals surface area contributed by atoms with Crippen molar-refractivity contribution >= 4 is 11.8 Å². The molecule has 0 aromatic rings. The summed E-state index contributed by atoms with van der Waals surface area (Å²) in [5.41, 5.74) is -1.25. The van der Waals surface area contributed by atoms with Crippen molar-refractivity contribution in [3.63, 3.8) is 0 Å². The molecule has 0 aliphatic heterocycles. The standard InChI is InChI=1S/C10H18O3/c1-9(2,3)8(13)10(4,5)6-7(11)12/h6H2,1-5H3,(H,11,12). The van der Waals surface area contributed by atoms with E-state index in [1.807, 2.05) is 0 Å². The second kappa shape index (κ2) is 3.48. The Bertz CT molecular complexity index is 221. The molecule has 0 radical (unpaired) electrons. The monoisotopic (exact) mass is 186 g/mol. The van der Waals surface area contributed by atoms with Gasteiger partial charge in [-0.3, -0.25) is 9.59 Å². The van der Waals surface area contributed by atoms with Gasteiger partial charge < -0.3 is 5.11 Å². The Morgan fingerprint density at radius 2 is 1.46 bits per heavy atom. The minimum atomic E-state index is -0.928. The molecule has 0 atom stereocenters. The summed E-state index contributed by atoms with van der Waals surface area (Å²) < 4.78 is 0. The van der Waals surface area contributed by atoms with E-state index in [-0.39, 0.29) is 12.2 Å². The maximum atomic E-state index is 11.8. The van der Waals surface area contributed by atoms with Crippen LogP contribution in [0.5, 0.6) is 0 Å². The molecule has 3 heteroatoms. The second-order valence-corrected chi connectivity index (χ2v) is 5.03. The summed E-state index contributed by atoms with van der Waals surface area (Å²) in [5, 5.41) is 8.61. The number of ketones is 1. The van der Waals surface area contributed by atoms with Crippen LogP contribution in [0.2, 0.25) is 0 Å². The van der Waals surface area contributed by atoms with Gasteiger partial charge in [-0.05, 0) is 0 Å². The van der Waals surface area contributed by atoms with E-state index in [9.17, 15) is 9.59 Å². The predicted molar refractivity (Wildman–Crippen MR) is 50.5 cm³/mol. The first-order valence-electron chi connectivity index (χ1n) is 4.34. The number of carboxylic acids is 1. The number of rotatable bonds is 3. The first-order valence-corrected chi connectivity index (χ1v) is 4.34. The normalized spacial score (nSPS) is 12.7. The van der Waals surface area contributed by atoms with Crippen LogP contribution in [-0.4, -0.2) is 16.9 Å². The van der Waals surface area contributed by atoms with Crippen LogP contribution in [0.15, 0.2) is 0 Å². The number of carboxylic acid groups (broad SMARTS) is 1. The molecule has 0 fully saturated rings. The van der Waals surface area contributed by atoms with Crippen LogP contribution in [0.25, 0.3) is 0 Å². The molecule has 0 spiro atoms. The summed E-state index contributed by atoms with van der Waals surface area (Å²) in [6.45, 7) is 8.76. The number of aliphatic carboxylic acids is 1. The van der Waals surface area contributed by atoms with Gasteiger partial charge in [0.05, 0.1) is 6.42 Å². The fourth-order valence-corrected chi connectivity index (χ4v) is 1.47. The number of carbonyl (C=O) groups is 2. The van der Waals surface area contributed by atoms with Crippen LogP contribution in [0.4, 0.5) is 0 Å². The molecule has 0 saturated heterocycles. The van der Waals surface area contributed by atoms with Gasteiger partial charge in [-0.2, -0.15) is 0 Å². The lowest BCUT2D eigenvalue weighted by molar-refractivity contribution is -0.146. The van der Waals surface area contributed by atoms with Gasteiger partial charge in [-0.15, -0.1) is 0 Å². The molecule has 0 aromatic heterocycles. The molecule has 0 bridgehead atoms. The molecule has 0 aliphatic rings. The number of Topliss-reactive ketones (excluding diaryl/α,β-unsaturated/α-hetero) is 1. The van der Waals surface area contributed by atoms with Crippen LogP contribution >= 0.6 is 0 Å². The minimum Gasteiger partial charge on any atom is -0.481 e. The molecule has 0 saturated carbocycles. The summed E-state index contributed by atoms with van der Waals surface area (Å²) >= 11 is 0. The van der Waals surface area contributed by atoms with E-state index in [2.05, 4.69) is 0 Å². The van der Waals surface area contributed by atoms with Crippen LogP contribution in [0.3, 0.4) is 0 Å². The van der Waals surface area contributed by atoms with Gasteiger partial charge in [-0.25, -0.2) is 0 Å². The van der Waals surface area contributed by atoms with Gasteiger partial charge in [0, 0.05) is 10.8 Å². The molecule has 0 amide bonds. The van der Waals surface area contributed by atoms with Crippen LogP contribution in [-0.2, 0) is 9.59 Å². The van der Waals surface area contributed by atoms with Crippen molar-refractivity contribution in [2.45, 2.75) is 41.0 Å². The SMILES string of the molecule is CC(C)(C)C(=O)C(C)(C)CC(=O)O. The second-order valence-electron chi connectivity index (χ2n) is 5.03. The van der Waals surface area contributed by atoms with Gasteiger partial charge in [-0.1, -0.05) is 34.6 Å². The van der Waals surface area contributed by atoms with E-state index in [0.717, 1.165) is 0 Å². The zero-order valence-corrected chi connectivity index (χ0v) is 8.97. The molecule has 13 heavy (non-hydrogen) atoms. The molecule has 1 N–H and O–H groups in total. The lowest BCUT2D eigenvalue weighted by atomic mass is 9.73. The fourth-order valence-electron chi connectivity index (χ4n) is 1.47. The average Bonchev–Trinajstić information content (AvgIpc) is 1.80. The van der Waals surface area contributed by atoms with E-state index in [1.54, 1.807) is 34.6 Å². The lowest BCUT2D eigenvalue weighted by Gasteiger charge is -2.29. The molecule has 3 nitrogen and oxygen atoms in total. The molecular weight excluding hydrogens is 168 g/mol. The Hall–Kier alpha value is -0.860. The Labute approximate surface area is 79.1 Å². The summed E-state index contributed by atoms with van der Waals surface area (Å²) in [6, 6.07) is 0. The van der Waals surface area contributed by atoms with E-state index < -0.39 is 16.8 Å². The maximum absolute atomic E-state index is 11.8. The average molecular weight is 186 g/mol. The summed E-state index contributed by atoms with van der Waals surface area (Å²) in [4.78, 5) is 22.3. The van der Waals surface area contributed by atoms with Crippen molar-refractivity contribution in [1.29, 1.82) is 0 Å². The number of hydrogen-bond donors (Lipinski definition) is 1. The van der Waals surface area contributed by atoms with Gasteiger partial charge in [0.1, 0.15) is 5.78 Å². The van der Waals surface area contributed by atoms with Crippen molar-refractivity contribution in [2.75, 3.05) is 0 Å². The first kappa shape index (κ1) is 12.1. The number of hydrogen-bond acceptors (Lipinski definition) is 2. The van der Waals surface area contributed by atoms with Crippen molar-refractivity contribution in [2.24, 2.45) is 10.8 Å². The highest BCUT2D eigenvalue weighted by molar-refractivity contribution is 5.91. The van der Waals surface area contributed by atoms with Gasteiger partial charge >= 0.3 is 5.97 Å². The Balaban J connectivity index is 4.65. The van der Waals surface area contributed by atoms with Crippen molar-refractivity contribution in [3.8, 4) is 0 Å². The molecule has 76 valence electrons. The Morgan fingerprint density at radius 3 is 1.69 bits per heavy atom. The summed E-state index contributed by atoms with van der Waals surface area (Å²) in [6.07, 6.45) is -0.108. The quantitative estimate of drug-likeness (QED) is 0.734. The topological polar surface area (TPSA) is 54.4 Å². The van der Waals surface area contributed by atoms with Crippen molar-refractivity contribution in [1.82, 2.24) is 0 Å².